The van der Waals surface area contributed by atoms with Crippen LogP contribution in [0.3, 0.4) is 0 Å². The number of amides is 3. The monoisotopic (exact) mass is 518 g/mol. The summed E-state index contributed by atoms with van der Waals surface area (Å²) in [4.78, 5) is 50.6. The van der Waals surface area contributed by atoms with Crippen LogP contribution in [0.25, 0.3) is 0 Å². The van der Waals surface area contributed by atoms with Crippen molar-refractivity contribution in [1.82, 2.24) is 25.6 Å². The average Bonchev–Trinajstić information content (AvgIpc) is 2.93. The number of aryl methyl sites for hydroxylation is 2. The van der Waals surface area contributed by atoms with E-state index in [0.29, 0.717) is 18.5 Å². The summed E-state index contributed by atoms with van der Waals surface area (Å²) in [5.74, 6) is -2.99. The summed E-state index contributed by atoms with van der Waals surface area (Å²) >= 11 is 0. The van der Waals surface area contributed by atoms with Gasteiger partial charge < -0.3 is 26.0 Å². The molecule has 1 aromatic carbocycles. The summed E-state index contributed by atoms with van der Waals surface area (Å²) in [5, 5.41) is 27.5. The van der Waals surface area contributed by atoms with Gasteiger partial charge in [-0.1, -0.05) is 37.3 Å². The van der Waals surface area contributed by atoms with Gasteiger partial charge in [-0.25, -0.2) is 4.98 Å². The van der Waals surface area contributed by atoms with Gasteiger partial charge in [0.15, 0.2) is 0 Å². The van der Waals surface area contributed by atoms with Gasteiger partial charge in [0.2, 0.25) is 11.8 Å². The zero-order valence-corrected chi connectivity index (χ0v) is 21.1. The molecule has 2 heterocycles. The zero-order valence-electron chi connectivity index (χ0n) is 21.1. The van der Waals surface area contributed by atoms with Gasteiger partial charge >= 0.3 is 7.12 Å². The van der Waals surface area contributed by atoms with Gasteiger partial charge in [-0.3, -0.25) is 24.4 Å². The first-order valence-corrected chi connectivity index (χ1v) is 12.4. The maximum absolute atomic E-state index is 13.2. The fourth-order valence-electron chi connectivity index (χ4n) is 3.71. The highest BCUT2D eigenvalue weighted by Crippen LogP contribution is 2.10. The first-order chi connectivity index (χ1) is 18.4. The summed E-state index contributed by atoms with van der Waals surface area (Å²) in [6.45, 7) is 1.96. The minimum Gasteiger partial charge on any atom is -0.426 e. The van der Waals surface area contributed by atoms with Crippen molar-refractivity contribution < 1.29 is 24.4 Å². The average molecular weight is 518 g/mol. The Balaban J connectivity index is 1.67. The lowest BCUT2D eigenvalue weighted by molar-refractivity contribution is -0.126. The third-order valence-corrected chi connectivity index (χ3v) is 5.79. The van der Waals surface area contributed by atoms with Crippen LogP contribution in [0.1, 0.15) is 47.9 Å². The van der Waals surface area contributed by atoms with Crippen LogP contribution in [-0.4, -0.2) is 61.8 Å². The molecule has 0 fully saturated rings. The van der Waals surface area contributed by atoms with Crippen LogP contribution < -0.4 is 16.0 Å². The maximum atomic E-state index is 13.2. The molecule has 0 radical (unpaired) electrons. The molecule has 0 unspecified atom stereocenters. The Labute approximate surface area is 221 Å². The largest absolute Gasteiger partial charge is 0.475 e. The Morgan fingerprint density at radius 1 is 0.974 bits per heavy atom. The normalized spacial score (nSPS) is 12.2. The number of nitrogens with zero attached hydrogens (tertiary/aromatic N) is 3. The number of aromatic nitrogens is 3. The SMILES string of the molecule is CCc1ccc(NC(=O)C[C@@H](NC(=O)c2cnccn2)C(=O)N[C@@H](CCCc2ccccc2)B(O)O)cn1. The topological polar surface area (TPSA) is 166 Å². The Bertz CT molecular complexity index is 1180. The predicted octanol–water partition coefficient (Wildman–Crippen LogP) is 1.08. The van der Waals surface area contributed by atoms with Crippen molar-refractivity contribution in [3.63, 3.8) is 0 Å². The fraction of sp³-hybridized carbons (Fsp3) is 0.308. The maximum Gasteiger partial charge on any atom is 0.475 e. The van der Waals surface area contributed by atoms with E-state index in [-0.39, 0.29) is 12.1 Å². The number of carbonyl (C=O) groups is 3. The number of hydrogen-bond donors (Lipinski definition) is 5. The molecular formula is C26H31BN6O5. The van der Waals surface area contributed by atoms with Crippen LogP contribution in [0.4, 0.5) is 5.69 Å². The van der Waals surface area contributed by atoms with Crippen LogP contribution in [0.5, 0.6) is 0 Å². The molecule has 0 saturated carbocycles. The van der Waals surface area contributed by atoms with Gasteiger partial charge in [-0.15, -0.1) is 0 Å². The second-order valence-electron chi connectivity index (χ2n) is 8.67. The van der Waals surface area contributed by atoms with Gasteiger partial charge in [0.05, 0.1) is 30.4 Å². The van der Waals surface area contributed by atoms with Gasteiger partial charge in [-0.2, -0.15) is 0 Å². The van der Waals surface area contributed by atoms with Crippen LogP contribution in [0.2, 0.25) is 0 Å². The molecule has 2 aromatic heterocycles. The second kappa shape index (κ2) is 14.6. The van der Waals surface area contributed by atoms with Crippen LogP contribution >= 0.6 is 0 Å². The molecule has 5 N–H and O–H groups in total. The lowest BCUT2D eigenvalue weighted by Gasteiger charge is -2.23. The molecule has 3 aromatic rings. The number of nitrogens with one attached hydrogen (secondary N) is 3. The molecule has 38 heavy (non-hydrogen) atoms. The highest BCUT2D eigenvalue weighted by molar-refractivity contribution is 6.43. The fourth-order valence-corrected chi connectivity index (χ4v) is 3.71. The van der Waals surface area contributed by atoms with Gasteiger partial charge in [0.25, 0.3) is 5.91 Å². The van der Waals surface area contributed by atoms with Crippen molar-refractivity contribution in [3.8, 4) is 0 Å². The van der Waals surface area contributed by atoms with Gasteiger partial charge in [0.1, 0.15) is 11.7 Å². The Kier molecular flexibility index (Phi) is 10.9. The number of benzene rings is 1. The summed E-state index contributed by atoms with van der Waals surface area (Å²) < 4.78 is 0. The quantitative estimate of drug-likeness (QED) is 0.210. The minimum absolute atomic E-state index is 0.0355. The highest BCUT2D eigenvalue weighted by atomic mass is 16.4. The van der Waals surface area contributed by atoms with Gasteiger partial charge in [0, 0.05) is 18.1 Å². The van der Waals surface area contributed by atoms with Crippen molar-refractivity contribution in [2.45, 2.75) is 51.0 Å². The lowest BCUT2D eigenvalue weighted by Crippen LogP contribution is -2.54. The Morgan fingerprint density at radius 3 is 2.39 bits per heavy atom. The summed E-state index contributed by atoms with van der Waals surface area (Å²) in [5.41, 5.74) is 2.34. The van der Waals surface area contributed by atoms with Crippen molar-refractivity contribution in [2.24, 2.45) is 0 Å². The van der Waals surface area contributed by atoms with Crippen molar-refractivity contribution in [2.75, 3.05) is 5.32 Å². The van der Waals surface area contributed by atoms with Crippen molar-refractivity contribution in [3.05, 3.63) is 84.2 Å². The Hall–Kier alpha value is -4.16. The minimum atomic E-state index is -1.83. The molecule has 0 aliphatic heterocycles. The molecule has 0 aliphatic carbocycles. The molecule has 11 nitrogen and oxygen atoms in total. The van der Waals surface area contributed by atoms with Crippen molar-refractivity contribution in [1.29, 1.82) is 0 Å². The van der Waals surface area contributed by atoms with Crippen LogP contribution in [-0.2, 0) is 22.4 Å². The van der Waals surface area contributed by atoms with Crippen molar-refractivity contribution >= 4 is 30.5 Å². The van der Waals surface area contributed by atoms with E-state index in [2.05, 4.69) is 30.9 Å². The second-order valence-corrected chi connectivity index (χ2v) is 8.67. The number of anilines is 1. The van der Waals surface area contributed by atoms with Crippen LogP contribution in [0.15, 0.2) is 67.3 Å². The zero-order chi connectivity index (χ0) is 27.3. The number of rotatable bonds is 13. The molecule has 0 saturated heterocycles. The molecule has 12 heteroatoms. The molecule has 2 atom stereocenters. The van der Waals surface area contributed by atoms with E-state index >= 15 is 0 Å². The third-order valence-electron chi connectivity index (χ3n) is 5.79. The Morgan fingerprint density at radius 2 is 1.76 bits per heavy atom. The summed E-state index contributed by atoms with van der Waals surface area (Å²) in [6, 6.07) is 11.8. The number of hydrogen-bond acceptors (Lipinski definition) is 8. The van der Waals surface area contributed by atoms with E-state index < -0.39 is 43.2 Å². The number of carbonyl (C=O) groups excluding carboxylic acids is 3. The number of pyridine rings is 1. The van der Waals surface area contributed by atoms with E-state index in [1.807, 2.05) is 37.3 Å². The summed E-state index contributed by atoms with van der Waals surface area (Å²) in [7, 11) is -1.83. The molecule has 0 bridgehead atoms. The smallest absolute Gasteiger partial charge is 0.426 e. The standard InChI is InChI=1S/C26H31BN6O5/c1-2-19-11-12-20(16-30-19)31-24(34)15-21(32-26(36)22-17-28-13-14-29-22)25(35)33-23(27(37)38)10-6-9-18-7-4-3-5-8-18/h3-5,7-8,11-14,16-17,21,23,37-38H,2,6,9-10,15H2,1H3,(H,31,34)(H,32,36)(H,33,35)/t21-,23+/m1/s1. The molecular weight excluding hydrogens is 487 g/mol. The van der Waals surface area contributed by atoms with E-state index in [1.54, 1.807) is 12.1 Å². The third kappa shape index (κ3) is 9.05. The van der Waals surface area contributed by atoms with E-state index in [0.717, 1.165) is 17.7 Å². The van der Waals surface area contributed by atoms with E-state index in [1.165, 1.54) is 24.8 Å². The van der Waals surface area contributed by atoms with E-state index in [4.69, 9.17) is 0 Å². The predicted molar refractivity (Wildman–Crippen MR) is 142 cm³/mol. The molecule has 3 amide bonds. The highest BCUT2D eigenvalue weighted by Gasteiger charge is 2.31. The molecule has 3 rings (SSSR count). The van der Waals surface area contributed by atoms with Crippen LogP contribution in [0, 0.1) is 0 Å². The van der Waals surface area contributed by atoms with Gasteiger partial charge in [-0.05, 0) is 43.4 Å². The molecule has 0 aliphatic rings. The molecule has 198 valence electrons. The molecule has 0 spiro atoms. The first-order valence-electron chi connectivity index (χ1n) is 12.4. The van der Waals surface area contributed by atoms with E-state index in [9.17, 15) is 24.4 Å². The first kappa shape index (κ1) is 28.4. The summed E-state index contributed by atoms with van der Waals surface area (Å²) in [6.07, 6.45) is 7.32. The lowest BCUT2D eigenvalue weighted by atomic mass is 9.76.